The van der Waals surface area contributed by atoms with Crippen LogP contribution in [0.1, 0.15) is 19.7 Å². The third kappa shape index (κ3) is 4.29. The molecular weight excluding hydrogens is 192 g/mol. The van der Waals surface area contributed by atoms with Crippen molar-refractivity contribution in [2.24, 2.45) is 5.41 Å². The van der Waals surface area contributed by atoms with Crippen LogP contribution in [0.4, 0.5) is 6.01 Å². The normalized spacial score (nSPS) is 12.1. The van der Waals surface area contributed by atoms with Crippen molar-refractivity contribution in [1.29, 1.82) is 0 Å². The van der Waals surface area contributed by atoms with Crippen LogP contribution >= 0.6 is 0 Å². The van der Waals surface area contributed by atoms with E-state index < -0.39 is 0 Å². The lowest BCUT2D eigenvalue weighted by molar-refractivity contribution is 0.252. The number of hydrogen-bond donors (Lipinski definition) is 1. The zero-order valence-corrected chi connectivity index (χ0v) is 10.2. The van der Waals surface area contributed by atoms with Crippen LogP contribution < -0.4 is 5.32 Å². The Bertz CT molecular complexity index is 306. The fourth-order valence-electron chi connectivity index (χ4n) is 1.60. The lowest BCUT2D eigenvalue weighted by Crippen LogP contribution is -2.34. The monoisotopic (exact) mass is 212 g/mol. The second kappa shape index (κ2) is 4.61. The predicted octanol–water partition coefficient (Wildman–Crippen LogP) is 1.38. The summed E-state index contributed by atoms with van der Waals surface area (Å²) in [6.45, 7) is 8.02. The zero-order chi connectivity index (χ0) is 11.5. The van der Waals surface area contributed by atoms with Crippen molar-refractivity contribution < 1.29 is 4.52 Å². The molecule has 1 rings (SSSR count). The third-order valence-corrected chi connectivity index (χ3v) is 1.99. The summed E-state index contributed by atoms with van der Waals surface area (Å²) >= 11 is 0. The maximum absolute atomic E-state index is 4.98. The molecular formula is C10H20N4O. The molecule has 1 aromatic rings. The van der Waals surface area contributed by atoms with Gasteiger partial charge in [-0.15, -0.1) is 0 Å². The van der Waals surface area contributed by atoms with Crippen molar-refractivity contribution in [1.82, 2.24) is 15.0 Å². The predicted molar refractivity (Wildman–Crippen MR) is 59.9 cm³/mol. The molecule has 0 amide bonds. The number of aryl methyl sites for hydroxylation is 1. The number of hydrogen-bond acceptors (Lipinski definition) is 5. The van der Waals surface area contributed by atoms with Gasteiger partial charge in [0.25, 0.3) is 0 Å². The Kier molecular flexibility index (Phi) is 3.68. The highest BCUT2D eigenvalue weighted by atomic mass is 16.5. The molecule has 0 unspecified atom stereocenters. The number of anilines is 1. The van der Waals surface area contributed by atoms with E-state index in [1.807, 2.05) is 0 Å². The molecule has 1 heterocycles. The molecule has 86 valence electrons. The Labute approximate surface area is 90.8 Å². The molecule has 0 aliphatic rings. The lowest BCUT2D eigenvalue weighted by Gasteiger charge is -2.27. The van der Waals surface area contributed by atoms with Gasteiger partial charge in [-0.3, -0.25) is 0 Å². The molecule has 0 saturated carbocycles. The molecule has 5 nitrogen and oxygen atoms in total. The van der Waals surface area contributed by atoms with Crippen LogP contribution in [-0.4, -0.2) is 42.2 Å². The van der Waals surface area contributed by atoms with Crippen LogP contribution in [0.3, 0.4) is 0 Å². The second-order valence-electron chi connectivity index (χ2n) is 4.90. The summed E-state index contributed by atoms with van der Waals surface area (Å²) in [5, 5.41) is 6.86. The molecule has 0 aromatic carbocycles. The fourth-order valence-corrected chi connectivity index (χ4v) is 1.60. The van der Waals surface area contributed by atoms with Gasteiger partial charge in [-0.2, -0.15) is 4.98 Å². The number of nitrogens with zero attached hydrogens (tertiary/aromatic N) is 3. The molecule has 0 fully saturated rings. The minimum absolute atomic E-state index is 0.172. The van der Waals surface area contributed by atoms with Gasteiger partial charge in [-0.1, -0.05) is 19.0 Å². The highest BCUT2D eigenvalue weighted by Crippen LogP contribution is 2.16. The van der Waals surface area contributed by atoms with Gasteiger partial charge in [0, 0.05) is 13.1 Å². The number of aromatic nitrogens is 2. The SMILES string of the molecule is Cc1noc(NCC(C)(C)CN(C)C)n1. The van der Waals surface area contributed by atoms with E-state index in [1.165, 1.54) is 0 Å². The summed E-state index contributed by atoms with van der Waals surface area (Å²) in [6.07, 6.45) is 0. The van der Waals surface area contributed by atoms with Crippen LogP contribution in [0, 0.1) is 12.3 Å². The van der Waals surface area contributed by atoms with Crippen molar-refractivity contribution in [3.8, 4) is 0 Å². The Balaban J connectivity index is 2.42. The Morgan fingerprint density at radius 1 is 1.40 bits per heavy atom. The first kappa shape index (κ1) is 12.0. The van der Waals surface area contributed by atoms with E-state index in [0.717, 1.165) is 13.1 Å². The van der Waals surface area contributed by atoms with Crippen molar-refractivity contribution in [3.05, 3.63) is 5.82 Å². The van der Waals surface area contributed by atoms with Crippen molar-refractivity contribution in [3.63, 3.8) is 0 Å². The maximum atomic E-state index is 4.98. The van der Waals surface area contributed by atoms with Crippen LogP contribution in [0.2, 0.25) is 0 Å². The van der Waals surface area contributed by atoms with Gasteiger partial charge in [-0.25, -0.2) is 0 Å². The van der Waals surface area contributed by atoms with E-state index in [-0.39, 0.29) is 5.41 Å². The topological polar surface area (TPSA) is 54.2 Å². The van der Waals surface area contributed by atoms with Crippen LogP contribution in [0.5, 0.6) is 0 Å². The van der Waals surface area contributed by atoms with Gasteiger partial charge in [0.1, 0.15) is 0 Å². The molecule has 0 saturated heterocycles. The zero-order valence-electron chi connectivity index (χ0n) is 10.2. The number of rotatable bonds is 5. The van der Waals surface area contributed by atoms with Gasteiger partial charge in [0.05, 0.1) is 0 Å². The maximum Gasteiger partial charge on any atom is 0.321 e. The number of nitrogens with one attached hydrogen (secondary N) is 1. The van der Waals surface area contributed by atoms with E-state index in [1.54, 1.807) is 6.92 Å². The first-order valence-corrected chi connectivity index (χ1v) is 5.08. The molecule has 0 atom stereocenters. The average Bonchev–Trinajstić information content (AvgIpc) is 2.46. The summed E-state index contributed by atoms with van der Waals surface area (Å²) in [6, 6.07) is 0.499. The van der Waals surface area contributed by atoms with E-state index >= 15 is 0 Å². The van der Waals surface area contributed by atoms with Crippen LogP contribution in [-0.2, 0) is 0 Å². The second-order valence-corrected chi connectivity index (χ2v) is 4.90. The van der Waals surface area contributed by atoms with E-state index in [2.05, 4.69) is 48.3 Å². The van der Waals surface area contributed by atoms with Crippen molar-refractivity contribution in [2.45, 2.75) is 20.8 Å². The Morgan fingerprint density at radius 2 is 2.07 bits per heavy atom. The molecule has 5 heteroatoms. The summed E-state index contributed by atoms with van der Waals surface area (Å²) in [7, 11) is 4.14. The van der Waals surface area contributed by atoms with E-state index in [9.17, 15) is 0 Å². The van der Waals surface area contributed by atoms with Crippen molar-refractivity contribution in [2.75, 3.05) is 32.5 Å². The Hall–Kier alpha value is -1.10. The lowest BCUT2D eigenvalue weighted by atomic mass is 9.93. The third-order valence-electron chi connectivity index (χ3n) is 1.99. The largest absolute Gasteiger partial charge is 0.337 e. The van der Waals surface area contributed by atoms with Gasteiger partial charge in [0.2, 0.25) is 0 Å². The molecule has 15 heavy (non-hydrogen) atoms. The summed E-state index contributed by atoms with van der Waals surface area (Å²) in [5.74, 6) is 0.655. The highest BCUT2D eigenvalue weighted by molar-refractivity contribution is 5.18. The van der Waals surface area contributed by atoms with E-state index in [0.29, 0.717) is 11.8 Å². The molecule has 0 radical (unpaired) electrons. The molecule has 1 N–H and O–H groups in total. The quantitative estimate of drug-likeness (QED) is 0.799. The summed E-state index contributed by atoms with van der Waals surface area (Å²) < 4.78 is 4.98. The molecule has 0 aliphatic heterocycles. The molecule has 0 spiro atoms. The van der Waals surface area contributed by atoms with E-state index in [4.69, 9.17) is 4.52 Å². The van der Waals surface area contributed by atoms with Gasteiger partial charge >= 0.3 is 6.01 Å². The standard InChI is InChI=1S/C10H20N4O/c1-8-12-9(15-13-8)11-6-10(2,3)7-14(4)5/h6-7H2,1-5H3,(H,11,12,13). The summed E-state index contributed by atoms with van der Waals surface area (Å²) in [4.78, 5) is 6.26. The Morgan fingerprint density at radius 3 is 2.53 bits per heavy atom. The van der Waals surface area contributed by atoms with Crippen LogP contribution in [0.15, 0.2) is 4.52 Å². The summed E-state index contributed by atoms with van der Waals surface area (Å²) in [5.41, 5.74) is 0.172. The van der Waals surface area contributed by atoms with Gasteiger partial charge in [0.15, 0.2) is 5.82 Å². The first-order valence-electron chi connectivity index (χ1n) is 5.08. The molecule has 0 bridgehead atoms. The van der Waals surface area contributed by atoms with Crippen LogP contribution in [0.25, 0.3) is 0 Å². The minimum Gasteiger partial charge on any atom is -0.337 e. The molecule has 1 aromatic heterocycles. The average molecular weight is 212 g/mol. The van der Waals surface area contributed by atoms with Gasteiger partial charge in [-0.05, 0) is 26.4 Å². The van der Waals surface area contributed by atoms with Crippen molar-refractivity contribution >= 4 is 6.01 Å². The highest BCUT2D eigenvalue weighted by Gasteiger charge is 2.19. The fraction of sp³-hybridized carbons (Fsp3) is 0.800. The first-order chi connectivity index (χ1) is 6.89. The van der Waals surface area contributed by atoms with Gasteiger partial charge < -0.3 is 14.7 Å². The smallest absolute Gasteiger partial charge is 0.321 e. The molecule has 0 aliphatic carbocycles. The minimum atomic E-state index is 0.172.